The minimum atomic E-state index is -1.37. The summed E-state index contributed by atoms with van der Waals surface area (Å²) in [5.41, 5.74) is 0.569. The van der Waals surface area contributed by atoms with Crippen LogP contribution in [0.5, 0.6) is 0 Å². The molecule has 0 unspecified atom stereocenters. The molecule has 4 aromatic rings. The molecule has 10 heteroatoms. The SMILES string of the molecule is Cc1c(NC(=O)c2ccc(F)c(F)c2Cl)cc(F)cc1-c1nc2cc(Cl)c(F)cc2o1. The first kappa shape index (κ1) is 21.1. The fourth-order valence-electron chi connectivity index (χ4n) is 2.96. The van der Waals surface area contributed by atoms with E-state index in [1.54, 1.807) is 6.92 Å². The van der Waals surface area contributed by atoms with E-state index in [0.717, 1.165) is 30.3 Å². The van der Waals surface area contributed by atoms with Gasteiger partial charge in [-0.15, -0.1) is 0 Å². The number of oxazole rings is 1. The fourth-order valence-corrected chi connectivity index (χ4v) is 3.36. The van der Waals surface area contributed by atoms with Gasteiger partial charge in [-0.25, -0.2) is 22.5 Å². The van der Waals surface area contributed by atoms with Crippen molar-refractivity contribution in [3.63, 3.8) is 0 Å². The lowest BCUT2D eigenvalue weighted by Gasteiger charge is -2.12. The van der Waals surface area contributed by atoms with Gasteiger partial charge in [0.2, 0.25) is 5.89 Å². The zero-order chi connectivity index (χ0) is 22.4. The molecule has 0 fully saturated rings. The molecule has 4 nitrogen and oxygen atoms in total. The van der Waals surface area contributed by atoms with Crippen molar-refractivity contribution in [2.24, 2.45) is 0 Å². The highest BCUT2D eigenvalue weighted by molar-refractivity contribution is 6.34. The highest BCUT2D eigenvalue weighted by Gasteiger charge is 2.21. The van der Waals surface area contributed by atoms with Crippen molar-refractivity contribution in [2.75, 3.05) is 5.32 Å². The van der Waals surface area contributed by atoms with Gasteiger partial charge in [0, 0.05) is 17.3 Å². The van der Waals surface area contributed by atoms with Gasteiger partial charge in [-0.2, -0.15) is 0 Å². The number of halogens is 6. The number of fused-ring (bicyclic) bond motifs is 1. The van der Waals surface area contributed by atoms with Crippen molar-refractivity contribution in [3.8, 4) is 11.5 Å². The van der Waals surface area contributed by atoms with Gasteiger partial charge in [0.25, 0.3) is 5.91 Å². The number of aromatic nitrogens is 1. The lowest BCUT2D eigenvalue weighted by molar-refractivity contribution is 0.102. The molecule has 31 heavy (non-hydrogen) atoms. The van der Waals surface area contributed by atoms with Crippen molar-refractivity contribution in [2.45, 2.75) is 6.92 Å². The second kappa shape index (κ2) is 7.86. The Bertz CT molecular complexity index is 1330. The van der Waals surface area contributed by atoms with E-state index in [1.807, 2.05) is 0 Å². The van der Waals surface area contributed by atoms with Crippen molar-refractivity contribution in [1.82, 2.24) is 4.98 Å². The summed E-state index contributed by atoms with van der Waals surface area (Å²) < 4.78 is 60.4. The summed E-state index contributed by atoms with van der Waals surface area (Å²) in [4.78, 5) is 16.7. The van der Waals surface area contributed by atoms with Crippen molar-refractivity contribution in [1.29, 1.82) is 0 Å². The minimum absolute atomic E-state index is 0.0206. The first-order valence-corrected chi connectivity index (χ1v) is 9.42. The van der Waals surface area contributed by atoms with Gasteiger partial charge >= 0.3 is 0 Å². The normalized spacial score (nSPS) is 11.2. The smallest absolute Gasteiger partial charge is 0.257 e. The Morgan fingerprint density at radius 3 is 2.52 bits per heavy atom. The molecular weight excluding hydrogens is 459 g/mol. The Hall–Kier alpha value is -3.10. The van der Waals surface area contributed by atoms with E-state index < -0.39 is 34.2 Å². The van der Waals surface area contributed by atoms with Crippen LogP contribution in [0.1, 0.15) is 15.9 Å². The van der Waals surface area contributed by atoms with Crippen LogP contribution < -0.4 is 5.32 Å². The minimum Gasteiger partial charge on any atom is -0.436 e. The molecule has 1 amide bonds. The maximum atomic E-state index is 14.3. The molecule has 1 N–H and O–H groups in total. The first-order chi connectivity index (χ1) is 14.7. The second-order valence-corrected chi connectivity index (χ2v) is 7.34. The van der Waals surface area contributed by atoms with Crippen LogP contribution in [-0.4, -0.2) is 10.9 Å². The van der Waals surface area contributed by atoms with Crippen LogP contribution in [0.4, 0.5) is 23.2 Å². The third kappa shape index (κ3) is 3.84. The quantitative estimate of drug-likeness (QED) is 0.262. The lowest BCUT2D eigenvalue weighted by atomic mass is 10.1. The van der Waals surface area contributed by atoms with E-state index in [-0.39, 0.29) is 38.8 Å². The van der Waals surface area contributed by atoms with Gasteiger partial charge in [-0.05, 0) is 42.8 Å². The van der Waals surface area contributed by atoms with Gasteiger partial charge in [0.1, 0.15) is 17.2 Å². The fraction of sp³-hybridized carbons (Fsp3) is 0.0476. The molecule has 1 aromatic heterocycles. The monoisotopic (exact) mass is 468 g/mol. The number of carbonyl (C=O) groups is 1. The van der Waals surface area contributed by atoms with Crippen molar-refractivity contribution >= 4 is 45.9 Å². The van der Waals surface area contributed by atoms with Gasteiger partial charge in [-0.1, -0.05) is 23.2 Å². The second-order valence-electron chi connectivity index (χ2n) is 6.56. The van der Waals surface area contributed by atoms with E-state index in [2.05, 4.69) is 10.3 Å². The molecule has 0 bridgehead atoms. The summed E-state index contributed by atoms with van der Waals surface area (Å²) >= 11 is 11.5. The molecule has 0 radical (unpaired) electrons. The predicted molar refractivity (Wildman–Crippen MR) is 108 cm³/mol. The third-order valence-electron chi connectivity index (χ3n) is 4.56. The maximum Gasteiger partial charge on any atom is 0.257 e. The summed E-state index contributed by atoms with van der Waals surface area (Å²) in [6.07, 6.45) is 0. The number of carbonyl (C=O) groups excluding carboxylic acids is 1. The van der Waals surface area contributed by atoms with Crippen molar-refractivity contribution < 1.29 is 26.8 Å². The van der Waals surface area contributed by atoms with Crippen LogP contribution in [0.15, 0.2) is 40.8 Å². The molecule has 0 spiro atoms. The summed E-state index contributed by atoms with van der Waals surface area (Å²) in [7, 11) is 0. The summed E-state index contributed by atoms with van der Waals surface area (Å²) in [6.45, 7) is 1.56. The molecular formula is C21H10Cl2F4N2O2. The van der Waals surface area contributed by atoms with E-state index in [9.17, 15) is 22.4 Å². The molecule has 158 valence electrons. The first-order valence-electron chi connectivity index (χ1n) is 8.66. The Morgan fingerprint density at radius 2 is 1.77 bits per heavy atom. The number of hydrogen-bond acceptors (Lipinski definition) is 3. The van der Waals surface area contributed by atoms with Crippen molar-refractivity contribution in [3.05, 3.63) is 80.8 Å². The molecule has 1 heterocycles. The Morgan fingerprint density at radius 1 is 1.03 bits per heavy atom. The van der Waals surface area contributed by atoms with Gasteiger partial charge < -0.3 is 9.73 Å². The zero-order valence-electron chi connectivity index (χ0n) is 15.5. The predicted octanol–water partition coefficient (Wildman–Crippen LogP) is 6.92. The van der Waals surface area contributed by atoms with Crippen LogP contribution in [0.3, 0.4) is 0 Å². The van der Waals surface area contributed by atoms with Gasteiger partial charge in [-0.3, -0.25) is 4.79 Å². The molecule has 0 atom stereocenters. The van der Waals surface area contributed by atoms with Crippen LogP contribution in [-0.2, 0) is 0 Å². The summed E-state index contributed by atoms with van der Waals surface area (Å²) in [6, 6.07) is 6.23. The number of amides is 1. The maximum absolute atomic E-state index is 14.3. The number of anilines is 1. The van der Waals surface area contributed by atoms with Crippen LogP contribution in [0, 0.1) is 30.2 Å². The van der Waals surface area contributed by atoms with Crippen LogP contribution >= 0.6 is 23.2 Å². The highest BCUT2D eigenvalue weighted by atomic mass is 35.5. The topological polar surface area (TPSA) is 55.1 Å². The highest BCUT2D eigenvalue weighted by Crippen LogP contribution is 2.33. The number of rotatable bonds is 3. The molecule has 0 aliphatic carbocycles. The Kier molecular flexibility index (Phi) is 5.36. The molecule has 0 saturated heterocycles. The standard InChI is InChI=1S/C21H10Cl2F4N2O2/c1-8-11(21-29-16-6-12(22)14(26)7-17(16)31-21)4-9(24)5-15(8)28-20(30)10-2-3-13(25)19(27)18(10)23/h2-7H,1H3,(H,28,30). The molecule has 4 rings (SSSR count). The molecule has 0 aliphatic rings. The van der Waals surface area contributed by atoms with Crippen LogP contribution in [0.25, 0.3) is 22.6 Å². The van der Waals surface area contributed by atoms with E-state index >= 15 is 0 Å². The average Bonchev–Trinajstić information content (AvgIpc) is 3.11. The molecule has 3 aromatic carbocycles. The van der Waals surface area contributed by atoms with Crippen LogP contribution in [0.2, 0.25) is 10.0 Å². The number of benzene rings is 3. The van der Waals surface area contributed by atoms with E-state index in [0.29, 0.717) is 5.56 Å². The summed E-state index contributed by atoms with van der Waals surface area (Å²) in [5.74, 6) is -4.94. The Labute approximate surface area is 182 Å². The number of hydrogen-bond donors (Lipinski definition) is 1. The number of nitrogens with one attached hydrogen (secondary N) is 1. The van der Waals surface area contributed by atoms with E-state index in [1.165, 1.54) is 6.07 Å². The van der Waals surface area contributed by atoms with Gasteiger partial charge in [0.15, 0.2) is 17.2 Å². The average molecular weight is 469 g/mol. The van der Waals surface area contributed by atoms with Gasteiger partial charge in [0.05, 0.1) is 15.6 Å². The Balaban J connectivity index is 1.75. The third-order valence-corrected chi connectivity index (χ3v) is 5.22. The molecule has 0 aliphatic heterocycles. The zero-order valence-corrected chi connectivity index (χ0v) is 17.0. The van der Waals surface area contributed by atoms with E-state index in [4.69, 9.17) is 27.6 Å². The summed E-state index contributed by atoms with van der Waals surface area (Å²) in [5, 5.41) is 1.56. The lowest BCUT2D eigenvalue weighted by Crippen LogP contribution is -2.14. The largest absolute Gasteiger partial charge is 0.436 e. The number of nitrogens with zero attached hydrogens (tertiary/aromatic N) is 1. The molecule has 0 saturated carbocycles.